The second kappa shape index (κ2) is 6.90. The summed E-state index contributed by atoms with van der Waals surface area (Å²) >= 11 is 0. The van der Waals surface area contributed by atoms with Crippen LogP contribution in [0, 0.1) is 5.92 Å². The molecule has 0 fully saturated rings. The Morgan fingerprint density at radius 2 is 1.93 bits per heavy atom. The van der Waals surface area contributed by atoms with Crippen molar-refractivity contribution in [3.05, 3.63) is 60.1 Å². The summed E-state index contributed by atoms with van der Waals surface area (Å²) in [7, 11) is 0. The maximum atomic E-state index is 13.2. The highest BCUT2D eigenvalue weighted by Crippen LogP contribution is 2.52. The maximum absolute atomic E-state index is 13.2. The van der Waals surface area contributed by atoms with Gasteiger partial charge in [0.1, 0.15) is 5.92 Å². The number of nitrogens with zero attached hydrogens (tertiary/aromatic N) is 2. The summed E-state index contributed by atoms with van der Waals surface area (Å²) in [6.07, 6.45) is 9.75. The molecule has 4 rings (SSSR count). The number of esters is 1. The van der Waals surface area contributed by atoms with E-state index in [2.05, 4.69) is 17.1 Å². The Hall–Kier alpha value is -3.09. The molecule has 0 bridgehead atoms. The fraction of sp³-hybridized carbons (Fsp3) is 0.350. The Morgan fingerprint density at radius 1 is 1.22 bits per heavy atom. The van der Waals surface area contributed by atoms with Gasteiger partial charge in [-0.15, -0.1) is 0 Å². The molecular weight excluding hydrogens is 346 g/mol. The Balaban J connectivity index is 2.06. The summed E-state index contributed by atoms with van der Waals surface area (Å²) in [5.74, 6) is -0.321. The molecule has 1 N–H and O–H groups in total. The van der Waals surface area contributed by atoms with Crippen molar-refractivity contribution in [3.8, 4) is 0 Å². The van der Waals surface area contributed by atoms with Crippen LogP contribution in [0.2, 0.25) is 0 Å². The molecule has 1 atom stereocenters. The zero-order valence-electron chi connectivity index (χ0n) is 15.3. The van der Waals surface area contributed by atoms with Gasteiger partial charge < -0.3 is 13.6 Å². The third-order valence-electron chi connectivity index (χ3n) is 5.05. The first-order valence-electron chi connectivity index (χ1n) is 9.06. The number of rotatable bonds is 6. The number of hydrogen-bond acceptors (Lipinski definition) is 6. The van der Waals surface area contributed by atoms with E-state index in [-0.39, 0.29) is 5.97 Å². The number of nitrogens with one attached hydrogen (secondary N) is 1. The molecule has 0 radical (unpaired) electrons. The van der Waals surface area contributed by atoms with Crippen molar-refractivity contribution in [1.29, 1.82) is 0 Å². The number of carbonyl (C=O) groups is 1. The molecule has 0 aliphatic carbocycles. The number of aromatic nitrogens is 2. The largest absolute Gasteiger partial charge is 0.472 e. The molecule has 0 saturated carbocycles. The molecule has 140 valence electrons. The molecule has 0 aromatic carbocycles. The highest BCUT2D eigenvalue weighted by Gasteiger charge is 2.55. The molecule has 1 aliphatic heterocycles. The molecule has 0 saturated heterocycles. The number of aliphatic imine (C=N–C) groups is 1. The monoisotopic (exact) mass is 367 g/mol. The van der Waals surface area contributed by atoms with Gasteiger partial charge in [-0.3, -0.25) is 9.89 Å². The minimum atomic E-state index is -0.888. The van der Waals surface area contributed by atoms with Crippen LogP contribution in [-0.2, 0) is 14.9 Å². The van der Waals surface area contributed by atoms with Crippen LogP contribution < -0.4 is 0 Å². The van der Waals surface area contributed by atoms with Crippen molar-refractivity contribution in [2.45, 2.75) is 32.1 Å². The fourth-order valence-corrected chi connectivity index (χ4v) is 4.05. The van der Waals surface area contributed by atoms with Crippen LogP contribution in [0.25, 0.3) is 0 Å². The molecule has 0 amide bonds. The maximum Gasteiger partial charge on any atom is 0.316 e. The topological polar surface area (TPSA) is 93.6 Å². The first-order chi connectivity index (χ1) is 13.2. The number of ether oxygens (including phenoxy) is 1. The fourth-order valence-electron chi connectivity index (χ4n) is 4.05. The molecule has 3 aromatic rings. The lowest BCUT2D eigenvalue weighted by molar-refractivity contribution is -0.146. The highest BCUT2D eigenvalue weighted by atomic mass is 16.5. The van der Waals surface area contributed by atoms with Crippen LogP contribution in [0.4, 0.5) is 5.82 Å². The molecule has 4 heterocycles. The van der Waals surface area contributed by atoms with E-state index < -0.39 is 11.3 Å². The average Bonchev–Trinajstić information content (AvgIpc) is 3.42. The van der Waals surface area contributed by atoms with Gasteiger partial charge in [0.15, 0.2) is 5.82 Å². The van der Waals surface area contributed by atoms with Crippen molar-refractivity contribution in [2.24, 2.45) is 10.9 Å². The molecule has 0 spiro atoms. The molecular formula is C20H21N3O4. The van der Waals surface area contributed by atoms with Gasteiger partial charge in [-0.25, -0.2) is 4.99 Å². The summed E-state index contributed by atoms with van der Waals surface area (Å²) in [6, 6.07) is 3.73. The molecule has 3 aromatic heterocycles. The van der Waals surface area contributed by atoms with E-state index in [9.17, 15) is 4.79 Å². The number of furan rings is 2. The van der Waals surface area contributed by atoms with Gasteiger partial charge in [0.2, 0.25) is 0 Å². The van der Waals surface area contributed by atoms with Crippen LogP contribution in [0.5, 0.6) is 0 Å². The van der Waals surface area contributed by atoms with Gasteiger partial charge in [-0.1, -0.05) is 13.3 Å². The van der Waals surface area contributed by atoms with Crippen LogP contribution in [0.15, 0.2) is 57.2 Å². The SMILES string of the molecule is CCCC1=Nc2[nH]ncc2C(c2ccoc2)(c2ccoc2)C1C(=O)OCC. The molecule has 1 unspecified atom stereocenters. The average molecular weight is 367 g/mol. The lowest BCUT2D eigenvalue weighted by atomic mass is 9.60. The number of fused-ring (bicyclic) bond motifs is 1. The van der Waals surface area contributed by atoms with E-state index in [1.54, 1.807) is 38.2 Å². The second-order valence-corrected chi connectivity index (χ2v) is 6.50. The number of H-pyrrole nitrogens is 1. The Kier molecular flexibility index (Phi) is 4.43. The van der Waals surface area contributed by atoms with E-state index in [0.29, 0.717) is 18.8 Å². The van der Waals surface area contributed by atoms with Gasteiger partial charge in [0.25, 0.3) is 0 Å². The smallest absolute Gasteiger partial charge is 0.316 e. The second-order valence-electron chi connectivity index (χ2n) is 6.50. The minimum absolute atomic E-state index is 0.292. The Morgan fingerprint density at radius 3 is 2.48 bits per heavy atom. The lowest BCUT2D eigenvalue weighted by Gasteiger charge is -2.41. The van der Waals surface area contributed by atoms with Crippen molar-refractivity contribution in [2.75, 3.05) is 6.61 Å². The summed E-state index contributed by atoms with van der Waals surface area (Å²) < 4.78 is 16.3. The van der Waals surface area contributed by atoms with Crippen molar-refractivity contribution in [1.82, 2.24) is 10.2 Å². The van der Waals surface area contributed by atoms with E-state index in [1.165, 1.54) is 0 Å². The lowest BCUT2D eigenvalue weighted by Crippen LogP contribution is -2.48. The number of aromatic amines is 1. The van der Waals surface area contributed by atoms with Crippen LogP contribution in [0.1, 0.15) is 43.4 Å². The number of carbonyl (C=O) groups excluding carboxylic acids is 1. The van der Waals surface area contributed by atoms with E-state index >= 15 is 0 Å². The van der Waals surface area contributed by atoms with E-state index in [4.69, 9.17) is 18.6 Å². The van der Waals surface area contributed by atoms with Gasteiger partial charge in [-0.05, 0) is 25.5 Å². The summed E-state index contributed by atoms with van der Waals surface area (Å²) in [5, 5.41) is 7.17. The predicted octanol–water partition coefficient (Wildman–Crippen LogP) is 4.00. The van der Waals surface area contributed by atoms with Crippen LogP contribution >= 0.6 is 0 Å². The predicted molar refractivity (Wildman–Crippen MR) is 98.0 cm³/mol. The molecule has 1 aliphatic rings. The molecule has 27 heavy (non-hydrogen) atoms. The van der Waals surface area contributed by atoms with Gasteiger partial charge in [0, 0.05) is 22.4 Å². The highest BCUT2D eigenvalue weighted by molar-refractivity contribution is 6.07. The van der Waals surface area contributed by atoms with Gasteiger partial charge in [-0.2, -0.15) is 5.10 Å². The van der Waals surface area contributed by atoms with Crippen LogP contribution in [-0.4, -0.2) is 28.5 Å². The normalized spacial score (nSPS) is 18.0. The molecule has 7 heteroatoms. The summed E-state index contributed by atoms with van der Waals surface area (Å²) in [5.41, 5.74) is 2.32. The quantitative estimate of drug-likeness (QED) is 0.665. The molecule has 7 nitrogen and oxygen atoms in total. The third-order valence-corrected chi connectivity index (χ3v) is 5.05. The number of hydrogen-bond donors (Lipinski definition) is 1. The van der Waals surface area contributed by atoms with Crippen molar-refractivity contribution < 1.29 is 18.4 Å². The summed E-state index contributed by atoms with van der Waals surface area (Å²) in [4.78, 5) is 18.0. The van der Waals surface area contributed by atoms with Crippen molar-refractivity contribution in [3.63, 3.8) is 0 Å². The van der Waals surface area contributed by atoms with E-state index in [1.807, 2.05) is 12.1 Å². The third kappa shape index (κ3) is 2.53. The Labute approximate surface area is 156 Å². The van der Waals surface area contributed by atoms with Crippen LogP contribution in [0.3, 0.4) is 0 Å². The van der Waals surface area contributed by atoms with Gasteiger partial charge in [0.05, 0.1) is 43.3 Å². The summed E-state index contributed by atoms with van der Waals surface area (Å²) in [6.45, 7) is 4.16. The zero-order chi connectivity index (χ0) is 18.9. The van der Waals surface area contributed by atoms with E-state index in [0.717, 1.165) is 28.8 Å². The zero-order valence-corrected chi connectivity index (χ0v) is 15.3. The first-order valence-corrected chi connectivity index (χ1v) is 9.06. The Bertz CT molecular complexity index is 904. The minimum Gasteiger partial charge on any atom is -0.472 e. The van der Waals surface area contributed by atoms with Crippen molar-refractivity contribution >= 4 is 17.5 Å². The van der Waals surface area contributed by atoms with Gasteiger partial charge >= 0.3 is 5.97 Å². The first kappa shape index (κ1) is 17.3. The standard InChI is InChI=1S/C20H21N3O4/c1-3-5-16-17(19(24)27-4-2)20(13-6-8-25-11-13,14-7-9-26-12-14)15-10-21-23-18(15)22-16/h6-12,17H,3-5H2,1-2H3,(H,21,23).